The third-order valence-corrected chi connectivity index (χ3v) is 5.30. The van der Waals surface area contributed by atoms with E-state index < -0.39 is 12.0 Å². The van der Waals surface area contributed by atoms with Gasteiger partial charge in [-0.1, -0.05) is 30.3 Å². The molecule has 1 N–H and O–H groups in total. The molecule has 2 atom stereocenters. The molecule has 0 saturated heterocycles. The lowest BCUT2D eigenvalue weighted by Gasteiger charge is -2.38. The van der Waals surface area contributed by atoms with E-state index >= 15 is 0 Å². The molecule has 2 aromatic carbocycles. The van der Waals surface area contributed by atoms with Gasteiger partial charge in [0.2, 0.25) is 11.8 Å². The Morgan fingerprint density at radius 1 is 1.07 bits per heavy atom. The summed E-state index contributed by atoms with van der Waals surface area (Å²) in [5, 5.41) is 2.57. The van der Waals surface area contributed by atoms with Crippen molar-refractivity contribution < 1.29 is 19.1 Å². The normalized spacial score (nSPS) is 20.7. The number of nitrogens with zero attached hydrogens (tertiary/aromatic N) is 2. The van der Waals surface area contributed by atoms with Crippen molar-refractivity contribution in [3.05, 3.63) is 54.1 Å². The van der Waals surface area contributed by atoms with Gasteiger partial charge in [-0.2, -0.15) is 0 Å². The summed E-state index contributed by atoms with van der Waals surface area (Å²) in [5.41, 5.74) is 2.16. The predicted octanol–water partition coefficient (Wildman–Crippen LogP) is 1.68. The number of benzene rings is 2. The summed E-state index contributed by atoms with van der Waals surface area (Å²) in [4.78, 5) is 41.4. The van der Waals surface area contributed by atoms with Crippen LogP contribution in [0, 0.1) is 0 Å². The van der Waals surface area contributed by atoms with Crippen molar-refractivity contribution in [1.82, 2.24) is 5.32 Å². The number of ether oxygens (including phenoxy) is 1. The van der Waals surface area contributed by atoms with Crippen LogP contribution in [0.25, 0.3) is 0 Å². The number of para-hydroxylation sites is 3. The fourth-order valence-electron chi connectivity index (χ4n) is 3.79. The van der Waals surface area contributed by atoms with Crippen LogP contribution in [-0.4, -0.2) is 44.5 Å². The van der Waals surface area contributed by atoms with E-state index in [1.165, 1.54) is 7.05 Å². The van der Waals surface area contributed by atoms with E-state index in [0.717, 1.165) is 11.3 Å². The van der Waals surface area contributed by atoms with E-state index in [9.17, 15) is 14.4 Å². The second-order valence-corrected chi connectivity index (χ2v) is 6.91. The van der Waals surface area contributed by atoms with Crippen LogP contribution in [-0.2, 0) is 14.4 Å². The maximum absolute atomic E-state index is 13.6. The Morgan fingerprint density at radius 2 is 1.75 bits per heavy atom. The van der Waals surface area contributed by atoms with Crippen LogP contribution in [0.5, 0.6) is 5.75 Å². The van der Waals surface area contributed by atoms with Crippen LogP contribution >= 0.6 is 0 Å². The second kappa shape index (κ2) is 6.99. The number of rotatable bonds is 2. The van der Waals surface area contributed by atoms with E-state index in [0.29, 0.717) is 11.4 Å². The number of fused-ring (bicyclic) bond motifs is 2. The topological polar surface area (TPSA) is 79.0 Å². The minimum Gasteiger partial charge on any atom is -0.477 e. The zero-order chi connectivity index (χ0) is 19.8. The highest BCUT2D eigenvalue weighted by Gasteiger charge is 2.40. The molecular formula is C21H21N3O4. The fourth-order valence-corrected chi connectivity index (χ4v) is 3.79. The minimum absolute atomic E-state index is 0.0938. The number of hydrogen-bond acceptors (Lipinski definition) is 4. The lowest BCUT2D eigenvalue weighted by molar-refractivity contribution is -0.129. The highest BCUT2D eigenvalue weighted by Crippen LogP contribution is 2.40. The van der Waals surface area contributed by atoms with Crippen molar-refractivity contribution in [3.63, 3.8) is 0 Å². The fraction of sp³-hybridized carbons (Fsp3) is 0.286. The van der Waals surface area contributed by atoms with Gasteiger partial charge in [0, 0.05) is 26.2 Å². The Balaban J connectivity index is 1.74. The van der Waals surface area contributed by atoms with Gasteiger partial charge in [0.25, 0.3) is 5.91 Å². The SMILES string of the molecule is CNC(=O)C1CN(C(=O)C2CC(=O)N(C)c3ccccc32)c2ccccc2O1. The molecule has 0 radical (unpaired) electrons. The van der Waals surface area contributed by atoms with Crippen LogP contribution < -0.4 is 19.9 Å². The Kier molecular flexibility index (Phi) is 4.50. The summed E-state index contributed by atoms with van der Waals surface area (Å²) in [7, 11) is 3.25. The van der Waals surface area contributed by atoms with Crippen LogP contribution in [0.3, 0.4) is 0 Å². The van der Waals surface area contributed by atoms with Crippen LogP contribution in [0.2, 0.25) is 0 Å². The number of hydrogen-bond donors (Lipinski definition) is 1. The van der Waals surface area contributed by atoms with Gasteiger partial charge in [-0.3, -0.25) is 14.4 Å². The smallest absolute Gasteiger partial charge is 0.262 e. The maximum atomic E-state index is 13.6. The molecule has 7 heteroatoms. The van der Waals surface area contributed by atoms with Crippen LogP contribution in [0.4, 0.5) is 11.4 Å². The highest BCUT2D eigenvalue weighted by molar-refractivity contribution is 6.08. The Bertz CT molecular complexity index is 958. The molecule has 7 nitrogen and oxygen atoms in total. The summed E-state index contributed by atoms with van der Waals surface area (Å²) in [5.74, 6) is -0.744. The van der Waals surface area contributed by atoms with Gasteiger partial charge in [-0.25, -0.2) is 0 Å². The van der Waals surface area contributed by atoms with Gasteiger partial charge < -0.3 is 19.9 Å². The van der Waals surface area contributed by atoms with E-state index in [2.05, 4.69) is 5.32 Å². The summed E-state index contributed by atoms with van der Waals surface area (Å²) in [6, 6.07) is 14.6. The highest BCUT2D eigenvalue weighted by atomic mass is 16.5. The van der Waals surface area contributed by atoms with Crippen molar-refractivity contribution in [1.29, 1.82) is 0 Å². The largest absolute Gasteiger partial charge is 0.477 e. The molecule has 0 aliphatic carbocycles. The molecule has 2 aliphatic heterocycles. The molecule has 0 aromatic heterocycles. The third kappa shape index (κ3) is 2.89. The standard InChI is InChI=1S/C21H21N3O4/c1-22-20(26)18-12-24(16-9-5-6-10-17(16)28-18)21(27)14-11-19(25)23(2)15-8-4-3-7-13(14)15/h3-10,14,18H,11-12H2,1-2H3,(H,22,26). The number of nitrogens with one attached hydrogen (secondary N) is 1. The van der Waals surface area contributed by atoms with Crippen molar-refractivity contribution in [2.45, 2.75) is 18.4 Å². The van der Waals surface area contributed by atoms with Crippen molar-refractivity contribution >= 4 is 29.1 Å². The molecule has 0 bridgehead atoms. The van der Waals surface area contributed by atoms with Crippen molar-refractivity contribution in [2.24, 2.45) is 0 Å². The molecule has 2 unspecified atom stereocenters. The molecular weight excluding hydrogens is 358 g/mol. The molecule has 0 spiro atoms. The summed E-state index contributed by atoms with van der Waals surface area (Å²) in [6.45, 7) is 0.0955. The summed E-state index contributed by atoms with van der Waals surface area (Å²) < 4.78 is 5.78. The van der Waals surface area contributed by atoms with Gasteiger partial charge in [-0.15, -0.1) is 0 Å². The summed E-state index contributed by atoms with van der Waals surface area (Å²) in [6.07, 6.45) is -0.711. The quantitative estimate of drug-likeness (QED) is 0.861. The summed E-state index contributed by atoms with van der Waals surface area (Å²) >= 11 is 0. The van der Waals surface area contributed by atoms with Crippen molar-refractivity contribution in [3.8, 4) is 5.75 Å². The van der Waals surface area contributed by atoms with E-state index in [1.54, 1.807) is 35.0 Å². The average molecular weight is 379 g/mol. The Morgan fingerprint density at radius 3 is 2.50 bits per heavy atom. The molecule has 4 rings (SSSR count). The first-order chi connectivity index (χ1) is 13.5. The molecule has 0 fully saturated rings. The number of carbonyl (C=O) groups excluding carboxylic acids is 3. The van der Waals surface area contributed by atoms with Gasteiger partial charge in [-0.05, 0) is 23.8 Å². The molecule has 2 aliphatic rings. The zero-order valence-corrected chi connectivity index (χ0v) is 15.7. The van der Waals surface area contributed by atoms with Crippen molar-refractivity contribution in [2.75, 3.05) is 30.4 Å². The van der Waals surface area contributed by atoms with Gasteiger partial charge in [0.05, 0.1) is 18.2 Å². The second-order valence-electron chi connectivity index (χ2n) is 6.91. The maximum Gasteiger partial charge on any atom is 0.262 e. The van der Waals surface area contributed by atoms with Gasteiger partial charge in [0.1, 0.15) is 5.75 Å². The molecule has 3 amide bonds. The van der Waals surface area contributed by atoms with Gasteiger partial charge >= 0.3 is 0 Å². The third-order valence-electron chi connectivity index (χ3n) is 5.30. The molecule has 0 saturated carbocycles. The van der Waals surface area contributed by atoms with E-state index in [1.807, 2.05) is 30.3 Å². The monoisotopic (exact) mass is 379 g/mol. The van der Waals surface area contributed by atoms with E-state index in [4.69, 9.17) is 4.74 Å². The lowest BCUT2D eigenvalue weighted by Crippen LogP contribution is -2.52. The lowest BCUT2D eigenvalue weighted by atomic mass is 9.88. The van der Waals surface area contributed by atoms with E-state index in [-0.39, 0.29) is 30.7 Å². The molecule has 144 valence electrons. The first-order valence-corrected chi connectivity index (χ1v) is 9.15. The molecule has 28 heavy (non-hydrogen) atoms. The predicted molar refractivity (Wildman–Crippen MR) is 104 cm³/mol. The minimum atomic E-state index is -0.805. The Labute approximate surface area is 162 Å². The first-order valence-electron chi connectivity index (χ1n) is 9.15. The average Bonchev–Trinajstić information content (AvgIpc) is 2.74. The van der Waals surface area contributed by atoms with Crippen LogP contribution in [0.15, 0.2) is 48.5 Å². The molecule has 2 aromatic rings. The number of carbonyl (C=O) groups is 3. The zero-order valence-electron chi connectivity index (χ0n) is 15.7. The molecule has 2 heterocycles. The van der Waals surface area contributed by atoms with Crippen LogP contribution in [0.1, 0.15) is 17.9 Å². The number of anilines is 2. The number of amides is 3. The number of likely N-dealkylation sites (N-methyl/N-ethyl adjacent to an activating group) is 1. The first kappa shape index (κ1) is 18.0. The Hall–Kier alpha value is -3.35. The van der Waals surface area contributed by atoms with Gasteiger partial charge in [0.15, 0.2) is 6.10 Å².